The van der Waals surface area contributed by atoms with Crippen molar-refractivity contribution in [2.45, 2.75) is 34.1 Å². The SMILES string of the molecule is Cc1cc2c(o1)c(-c1cc(-c3ccc(CC(C)(C)C)cc3)ccn1)[c-]c1c(-c3[c-]c4c(cc3)c3ccccc3n4-c3ccccn3)cccc12.[Pt+2]. The zero-order valence-corrected chi connectivity index (χ0v) is 31.2. The number of benzene rings is 5. The van der Waals surface area contributed by atoms with Crippen LogP contribution < -0.4 is 0 Å². The second kappa shape index (κ2) is 12.8. The van der Waals surface area contributed by atoms with E-state index in [2.05, 4.69) is 135 Å². The summed E-state index contributed by atoms with van der Waals surface area (Å²) in [6, 6.07) is 48.2. The predicted octanol–water partition coefficient (Wildman–Crippen LogP) is 12.0. The molecule has 4 nitrogen and oxygen atoms in total. The van der Waals surface area contributed by atoms with Gasteiger partial charge in [-0.25, -0.2) is 4.98 Å². The first-order chi connectivity index (χ1) is 24.3. The third kappa shape index (κ3) is 5.88. The van der Waals surface area contributed by atoms with Gasteiger partial charge in [-0.15, -0.1) is 40.8 Å². The van der Waals surface area contributed by atoms with E-state index in [0.29, 0.717) is 0 Å². The van der Waals surface area contributed by atoms with E-state index in [0.717, 1.165) is 89.7 Å². The van der Waals surface area contributed by atoms with E-state index in [-0.39, 0.29) is 26.5 Å². The summed E-state index contributed by atoms with van der Waals surface area (Å²) in [5, 5.41) is 5.46. The number of fused-ring (bicyclic) bond motifs is 6. The summed E-state index contributed by atoms with van der Waals surface area (Å²) in [4.78, 5) is 9.59. The van der Waals surface area contributed by atoms with Gasteiger partial charge in [-0.05, 0) is 82.1 Å². The minimum Gasteiger partial charge on any atom is -0.496 e. The molecule has 0 unspecified atom stereocenters. The molecule has 0 bridgehead atoms. The number of hydrogen-bond acceptors (Lipinski definition) is 3. The van der Waals surface area contributed by atoms with Crippen molar-refractivity contribution < 1.29 is 25.5 Å². The average Bonchev–Trinajstić information content (AvgIpc) is 3.68. The number of nitrogens with zero attached hydrogens (tertiary/aromatic N) is 3. The first-order valence-corrected chi connectivity index (χ1v) is 17.1. The summed E-state index contributed by atoms with van der Waals surface area (Å²) < 4.78 is 8.59. The normalized spacial score (nSPS) is 11.8. The standard InChI is InChI=1S/C46H35N3O.Pt/c1-29-24-39-35-12-9-11-34(33-19-20-37-36-10-5-6-13-42(36)49(43(37)26-33)44-14-7-8-22-48-44)38(35)27-40(45(39)50-29)41-25-32(21-23-47-41)31-17-15-30(16-18-31)28-46(2,3)4;/h5-25H,28H2,1-4H3;/q-2;+2. The van der Waals surface area contributed by atoms with Gasteiger partial charge < -0.3 is 8.98 Å². The molecule has 0 aliphatic carbocycles. The third-order valence-electron chi connectivity index (χ3n) is 9.48. The summed E-state index contributed by atoms with van der Waals surface area (Å²) in [6.45, 7) is 8.82. The molecule has 250 valence electrons. The number of aryl methyl sites for hydroxylation is 1. The van der Waals surface area contributed by atoms with Crippen molar-refractivity contribution in [3.8, 4) is 39.3 Å². The first kappa shape index (κ1) is 32.9. The van der Waals surface area contributed by atoms with Crippen molar-refractivity contribution in [3.63, 3.8) is 0 Å². The van der Waals surface area contributed by atoms with Crippen molar-refractivity contribution in [1.29, 1.82) is 0 Å². The molecule has 0 N–H and O–H groups in total. The molecule has 9 rings (SSSR count). The summed E-state index contributed by atoms with van der Waals surface area (Å²) in [7, 11) is 0. The van der Waals surface area contributed by atoms with Crippen LogP contribution in [-0.4, -0.2) is 14.5 Å². The van der Waals surface area contributed by atoms with Gasteiger partial charge in [-0.3, -0.25) is 4.98 Å². The minimum atomic E-state index is 0. The van der Waals surface area contributed by atoms with Crippen LogP contribution in [0, 0.1) is 24.5 Å². The number of hydrogen-bond donors (Lipinski definition) is 0. The van der Waals surface area contributed by atoms with E-state index in [1.807, 2.05) is 37.5 Å². The van der Waals surface area contributed by atoms with Crippen molar-refractivity contribution >= 4 is 43.5 Å². The molecule has 0 atom stereocenters. The Kier molecular flexibility index (Phi) is 8.24. The van der Waals surface area contributed by atoms with Gasteiger partial charge >= 0.3 is 21.1 Å². The fourth-order valence-electron chi connectivity index (χ4n) is 7.35. The average molecular weight is 841 g/mol. The topological polar surface area (TPSA) is 43.9 Å². The Morgan fingerprint density at radius 2 is 1.49 bits per heavy atom. The van der Waals surface area contributed by atoms with Crippen LogP contribution in [-0.2, 0) is 27.5 Å². The van der Waals surface area contributed by atoms with Gasteiger partial charge in [0.05, 0.1) is 11.3 Å². The van der Waals surface area contributed by atoms with E-state index in [1.54, 1.807) is 0 Å². The van der Waals surface area contributed by atoms with Crippen LogP contribution in [0.3, 0.4) is 0 Å². The molecule has 5 aromatic carbocycles. The fourth-order valence-corrected chi connectivity index (χ4v) is 7.35. The third-order valence-corrected chi connectivity index (χ3v) is 9.48. The zero-order valence-electron chi connectivity index (χ0n) is 28.9. The maximum Gasteiger partial charge on any atom is 2.00 e. The van der Waals surface area contributed by atoms with E-state index in [1.165, 1.54) is 10.9 Å². The summed E-state index contributed by atoms with van der Waals surface area (Å²) in [6.07, 6.45) is 4.76. The van der Waals surface area contributed by atoms with Gasteiger partial charge in [0.25, 0.3) is 0 Å². The molecular formula is C46H35N3OPt. The van der Waals surface area contributed by atoms with E-state index in [9.17, 15) is 0 Å². The van der Waals surface area contributed by atoms with Crippen LogP contribution in [0.5, 0.6) is 0 Å². The second-order valence-electron chi connectivity index (χ2n) is 14.4. The van der Waals surface area contributed by atoms with Crippen molar-refractivity contribution in [2.75, 3.05) is 0 Å². The largest absolute Gasteiger partial charge is 2.00 e. The monoisotopic (exact) mass is 840 g/mol. The quantitative estimate of drug-likeness (QED) is 0.162. The van der Waals surface area contributed by atoms with Gasteiger partial charge in [0, 0.05) is 23.6 Å². The van der Waals surface area contributed by atoms with Gasteiger partial charge in [0.15, 0.2) is 0 Å². The molecule has 0 amide bonds. The van der Waals surface area contributed by atoms with Crippen LogP contribution in [0.15, 0.2) is 132 Å². The molecule has 0 radical (unpaired) electrons. The molecule has 0 spiro atoms. The Labute approximate surface area is 312 Å². The Balaban J connectivity index is 0.00000374. The van der Waals surface area contributed by atoms with E-state index >= 15 is 0 Å². The van der Waals surface area contributed by atoms with E-state index in [4.69, 9.17) is 14.4 Å². The summed E-state index contributed by atoms with van der Waals surface area (Å²) in [5.41, 5.74) is 10.5. The zero-order chi connectivity index (χ0) is 34.0. The molecule has 0 saturated heterocycles. The van der Waals surface area contributed by atoms with Crippen LogP contribution in [0.2, 0.25) is 0 Å². The molecule has 9 aromatic rings. The molecule has 5 heteroatoms. The number of furan rings is 1. The maximum absolute atomic E-state index is 6.38. The van der Waals surface area contributed by atoms with Crippen LogP contribution in [0.1, 0.15) is 32.1 Å². The van der Waals surface area contributed by atoms with Crippen LogP contribution >= 0.6 is 0 Å². The molecule has 0 aliphatic heterocycles. The predicted molar refractivity (Wildman–Crippen MR) is 206 cm³/mol. The molecule has 0 aliphatic rings. The van der Waals surface area contributed by atoms with Crippen LogP contribution in [0.4, 0.5) is 0 Å². The molecule has 4 aromatic heterocycles. The molecule has 0 fully saturated rings. The molecule has 51 heavy (non-hydrogen) atoms. The summed E-state index contributed by atoms with van der Waals surface area (Å²) >= 11 is 0. The molecule has 0 saturated carbocycles. The Morgan fingerprint density at radius 1 is 0.686 bits per heavy atom. The Bertz CT molecular complexity index is 2720. The minimum absolute atomic E-state index is 0. The number of para-hydroxylation sites is 1. The van der Waals surface area contributed by atoms with Gasteiger partial charge in [-0.2, -0.15) is 0 Å². The summed E-state index contributed by atoms with van der Waals surface area (Å²) in [5.74, 6) is 1.72. The number of rotatable bonds is 5. The van der Waals surface area contributed by atoms with Crippen molar-refractivity contribution in [1.82, 2.24) is 14.5 Å². The van der Waals surface area contributed by atoms with E-state index < -0.39 is 0 Å². The Hall–Kier alpha value is -5.31. The fraction of sp³-hybridized carbons (Fsp3) is 0.130. The smallest absolute Gasteiger partial charge is 0.496 e. The molecular weight excluding hydrogens is 806 g/mol. The van der Waals surface area contributed by atoms with Gasteiger partial charge in [-0.1, -0.05) is 110 Å². The van der Waals surface area contributed by atoms with Gasteiger partial charge in [0.1, 0.15) is 5.82 Å². The van der Waals surface area contributed by atoms with Crippen molar-refractivity contribution in [3.05, 3.63) is 151 Å². The Morgan fingerprint density at radius 3 is 2.29 bits per heavy atom. The second-order valence-corrected chi connectivity index (χ2v) is 14.4. The maximum atomic E-state index is 6.38. The van der Waals surface area contributed by atoms with Crippen molar-refractivity contribution in [2.24, 2.45) is 5.41 Å². The number of pyridine rings is 2. The van der Waals surface area contributed by atoms with Crippen LogP contribution in [0.25, 0.3) is 82.9 Å². The molecule has 4 heterocycles. The van der Waals surface area contributed by atoms with Gasteiger partial charge in [0.2, 0.25) is 0 Å². The number of aromatic nitrogens is 3. The first-order valence-electron chi connectivity index (χ1n) is 17.1.